The Balaban J connectivity index is 1.63. The van der Waals surface area contributed by atoms with E-state index in [-0.39, 0.29) is 21.3 Å². The number of benzene rings is 2. The van der Waals surface area contributed by atoms with Gasteiger partial charge in [-0.05, 0) is 42.3 Å². The number of hydrogen-bond acceptors (Lipinski definition) is 3. The Labute approximate surface area is 172 Å². The van der Waals surface area contributed by atoms with Gasteiger partial charge in [0.2, 0.25) is 0 Å². The summed E-state index contributed by atoms with van der Waals surface area (Å²) in [6.45, 7) is 0.341. The first kappa shape index (κ1) is 19.5. The summed E-state index contributed by atoms with van der Waals surface area (Å²) in [6, 6.07) is 12.5. The summed E-state index contributed by atoms with van der Waals surface area (Å²) in [6.07, 6.45) is 2.01. The van der Waals surface area contributed by atoms with E-state index in [2.05, 4.69) is 5.32 Å². The second-order valence-corrected chi connectivity index (χ2v) is 9.00. The standard InChI is InChI=1S/C20H17ClFN3O3S/c1-24-12-15(29(27,28)25-9-8-13-4-2-3-5-18(13)25)11-19(24)20(26)23-17-7-6-14(21)10-16(17)22/h2-7,10-12H,8-9H2,1H3,(H,23,26). The number of halogens is 2. The molecule has 6 nitrogen and oxygen atoms in total. The molecule has 1 amide bonds. The van der Waals surface area contributed by atoms with Crippen LogP contribution in [0.3, 0.4) is 0 Å². The first-order valence-electron chi connectivity index (χ1n) is 8.81. The molecule has 2 heterocycles. The van der Waals surface area contributed by atoms with Gasteiger partial charge < -0.3 is 9.88 Å². The molecule has 4 rings (SSSR count). The molecule has 0 saturated heterocycles. The van der Waals surface area contributed by atoms with Crippen molar-refractivity contribution in [3.05, 3.63) is 76.8 Å². The van der Waals surface area contributed by atoms with Gasteiger partial charge in [-0.3, -0.25) is 9.10 Å². The number of sulfonamides is 1. The van der Waals surface area contributed by atoms with Gasteiger partial charge in [0.1, 0.15) is 16.4 Å². The van der Waals surface area contributed by atoms with E-state index in [1.54, 1.807) is 19.2 Å². The molecule has 1 aromatic heterocycles. The number of anilines is 2. The third kappa shape index (κ3) is 3.49. The van der Waals surface area contributed by atoms with E-state index in [1.807, 2.05) is 12.1 Å². The van der Waals surface area contributed by atoms with Gasteiger partial charge in [0.25, 0.3) is 15.9 Å². The van der Waals surface area contributed by atoms with E-state index >= 15 is 0 Å². The van der Waals surface area contributed by atoms with Crippen molar-refractivity contribution in [2.24, 2.45) is 7.05 Å². The van der Waals surface area contributed by atoms with Gasteiger partial charge in [-0.2, -0.15) is 0 Å². The molecule has 0 aliphatic carbocycles. The number of aryl methyl sites for hydroxylation is 1. The summed E-state index contributed by atoms with van der Waals surface area (Å²) in [4.78, 5) is 12.6. The molecule has 9 heteroatoms. The maximum absolute atomic E-state index is 14.0. The van der Waals surface area contributed by atoms with Crippen LogP contribution in [-0.2, 0) is 23.5 Å². The number of carbonyl (C=O) groups is 1. The Morgan fingerprint density at radius 3 is 2.69 bits per heavy atom. The quantitative estimate of drug-likeness (QED) is 0.679. The molecule has 0 atom stereocenters. The van der Waals surface area contributed by atoms with Crippen molar-refractivity contribution < 1.29 is 17.6 Å². The minimum absolute atomic E-state index is 0.00145. The summed E-state index contributed by atoms with van der Waals surface area (Å²) in [5.74, 6) is -1.31. The number of hydrogen-bond donors (Lipinski definition) is 1. The molecule has 0 fully saturated rings. The fourth-order valence-corrected chi connectivity index (χ4v) is 5.10. The first-order chi connectivity index (χ1) is 13.8. The van der Waals surface area contributed by atoms with E-state index in [1.165, 1.54) is 33.3 Å². The van der Waals surface area contributed by atoms with Crippen molar-refractivity contribution in [2.45, 2.75) is 11.3 Å². The maximum atomic E-state index is 14.0. The third-order valence-corrected chi connectivity index (χ3v) is 6.84. The Hall–Kier alpha value is -2.84. The number of rotatable bonds is 4. The highest BCUT2D eigenvalue weighted by Gasteiger charge is 2.32. The van der Waals surface area contributed by atoms with Crippen molar-refractivity contribution in [1.82, 2.24) is 4.57 Å². The predicted octanol–water partition coefficient (Wildman–Crippen LogP) is 3.82. The zero-order valence-corrected chi connectivity index (χ0v) is 17.0. The van der Waals surface area contributed by atoms with E-state index in [0.717, 1.165) is 11.6 Å². The van der Waals surface area contributed by atoms with Crippen LogP contribution in [0.5, 0.6) is 0 Å². The van der Waals surface area contributed by atoms with Crippen molar-refractivity contribution in [1.29, 1.82) is 0 Å². The molecule has 29 heavy (non-hydrogen) atoms. The number of para-hydroxylation sites is 1. The maximum Gasteiger partial charge on any atom is 0.272 e. The van der Waals surface area contributed by atoms with E-state index in [9.17, 15) is 17.6 Å². The van der Waals surface area contributed by atoms with E-state index in [4.69, 9.17) is 11.6 Å². The topological polar surface area (TPSA) is 71.4 Å². The van der Waals surface area contributed by atoms with Crippen LogP contribution in [0.25, 0.3) is 0 Å². The first-order valence-corrected chi connectivity index (χ1v) is 10.6. The van der Waals surface area contributed by atoms with Crippen molar-refractivity contribution in [3.63, 3.8) is 0 Å². The number of amides is 1. The van der Waals surface area contributed by atoms with Crippen LogP contribution in [0.2, 0.25) is 5.02 Å². The highest BCUT2D eigenvalue weighted by Crippen LogP contribution is 2.33. The minimum Gasteiger partial charge on any atom is -0.345 e. The summed E-state index contributed by atoms with van der Waals surface area (Å²) >= 11 is 5.72. The molecule has 1 N–H and O–H groups in total. The van der Waals surface area contributed by atoms with Gasteiger partial charge >= 0.3 is 0 Å². The number of nitrogens with zero attached hydrogens (tertiary/aromatic N) is 2. The van der Waals surface area contributed by atoms with Gasteiger partial charge in [0.05, 0.1) is 11.4 Å². The average molecular weight is 434 g/mol. The minimum atomic E-state index is -3.83. The lowest BCUT2D eigenvalue weighted by Crippen LogP contribution is -2.28. The van der Waals surface area contributed by atoms with Gasteiger partial charge in [0, 0.05) is 24.8 Å². The van der Waals surface area contributed by atoms with Crippen molar-refractivity contribution >= 4 is 38.9 Å². The summed E-state index contributed by atoms with van der Waals surface area (Å²) in [7, 11) is -2.27. The van der Waals surface area contributed by atoms with Crippen LogP contribution in [0.1, 0.15) is 16.1 Å². The highest BCUT2D eigenvalue weighted by atomic mass is 35.5. The number of aromatic nitrogens is 1. The molecule has 1 aliphatic heterocycles. The number of nitrogens with one attached hydrogen (secondary N) is 1. The SMILES string of the molecule is Cn1cc(S(=O)(=O)N2CCc3ccccc32)cc1C(=O)Nc1ccc(Cl)cc1F. The van der Waals surface area contributed by atoms with Gasteiger partial charge in [-0.25, -0.2) is 12.8 Å². The molecule has 0 bridgehead atoms. The lowest BCUT2D eigenvalue weighted by molar-refractivity contribution is 0.101. The molecule has 0 spiro atoms. The van der Waals surface area contributed by atoms with Gasteiger partial charge in [0.15, 0.2) is 0 Å². The van der Waals surface area contributed by atoms with Crippen molar-refractivity contribution in [2.75, 3.05) is 16.2 Å². The number of carbonyl (C=O) groups excluding carboxylic acids is 1. The number of fused-ring (bicyclic) bond motifs is 1. The molecule has 2 aromatic carbocycles. The van der Waals surface area contributed by atoms with Crippen LogP contribution in [0, 0.1) is 5.82 Å². The smallest absolute Gasteiger partial charge is 0.272 e. The van der Waals surface area contributed by atoms with Crippen LogP contribution in [-0.4, -0.2) is 25.4 Å². The second kappa shape index (κ2) is 7.20. The summed E-state index contributed by atoms with van der Waals surface area (Å²) < 4.78 is 43.0. The third-order valence-electron chi connectivity index (χ3n) is 4.82. The Morgan fingerprint density at radius 2 is 1.93 bits per heavy atom. The Kier molecular flexibility index (Phi) is 4.84. The Bertz CT molecular complexity index is 1220. The Morgan fingerprint density at radius 1 is 1.17 bits per heavy atom. The highest BCUT2D eigenvalue weighted by molar-refractivity contribution is 7.92. The molecular weight excluding hydrogens is 417 g/mol. The molecule has 3 aromatic rings. The lowest BCUT2D eigenvalue weighted by atomic mass is 10.2. The zero-order chi connectivity index (χ0) is 20.8. The molecular formula is C20H17ClFN3O3S. The average Bonchev–Trinajstić information content (AvgIpc) is 3.28. The van der Waals surface area contributed by atoms with E-state index in [0.29, 0.717) is 18.7 Å². The fraction of sp³-hybridized carbons (Fsp3) is 0.150. The largest absolute Gasteiger partial charge is 0.345 e. The molecule has 0 radical (unpaired) electrons. The molecule has 0 saturated carbocycles. The monoisotopic (exact) mass is 433 g/mol. The summed E-state index contributed by atoms with van der Waals surface area (Å²) in [5.41, 5.74) is 1.65. The molecule has 150 valence electrons. The van der Waals surface area contributed by atoms with Crippen LogP contribution < -0.4 is 9.62 Å². The van der Waals surface area contributed by atoms with Gasteiger partial charge in [-0.15, -0.1) is 0 Å². The summed E-state index contributed by atoms with van der Waals surface area (Å²) in [5, 5.41) is 2.65. The molecule has 1 aliphatic rings. The molecule has 0 unspecified atom stereocenters. The zero-order valence-electron chi connectivity index (χ0n) is 15.4. The lowest BCUT2D eigenvalue weighted by Gasteiger charge is -2.18. The normalized spacial score (nSPS) is 13.4. The second-order valence-electron chi connectivity index (χ2n) is 6.71. The van der Waals surface area contributed by atoms with Crippen LogP contribution >= 0.6 is 11.6 Å². The van der Waals surface area contributed by atoms with E-state index < -0.39 is 21.7 Å². The van der Waals surface area contributed by atoms with Crippen LogP contribution in [0.15, 0.2) is 59.6 Å². The van der Waals surface area contributed by atoms with Crippen molar-refractivity contribution in [3.8, 4) is 0 Å². The van der Waals surface area contributed by atoms with Crippen LogP contribution in [0.4, 0.5) is 15.8 Å². The predicted molar refractivity (Wildman–Crippen MR) is 109 cm³/mol. The van der Waals surface area contributed by atoms with Gasteiger partial charge in [-0.1, -0.05) is 29.8 Å². The fourth-order valence-electron chi connectivity index (χ4n) is 3.36.